The number of ether oxygens (including phenoxy) is 1. The number of nitrogens with zero attached hydrogens (tertiary/aromatic N) is 1. The third kappa shape index (κ3) is 2.52. The summed E-state index contributed by atoms with van der Waals surface area (Å²) in [6.45, 7) is 0.795. The second-order valence-electron chi connectivity index (χ2n) is 5.13. The number of carbonyl (C=O) groups excluding carboxylic acids is 1. The number of rotatable bonds is 4. The van der Waals surface area contributed by atoms with E-state index in [-0.39, 0.29) is 31.0 Å². The highest BCUT2D eigenvalue weighted by molar-refractivity contribution is 5.73. The number of carboxylic acid groups (broad SMARTS) is 1. The average molecular weight is 273 g/mol. The van der Waals surface area contributed by atoms with Crippen LogP contribution in [-0.4, -0.2) is 28.6 Å². The Labute approximate surface area is 116 Å². The fourth-order valence-electron chi connectivity index (χ4n) is 2.65. The van der Waals surface area contributed by atoms with Crippen LogP contribution in [0.15, 0.2) is 42.1 Å². The fourth-order valence-corrected chi connectivity index (χ4v) is 2.65. The van der Waals surface area contributed by atoms with Crippen LogP contribution in [0.2, 0.25) is 0 Å². The second kappa shape index (κ2) is 5.00. The molecule has 0 saturated heterocycles. The zero-order valence-corrected chi connectivity index (χ0v) is 10.9. The molecule has 20 heavy (non-hydrogen) atoms. The molecule has 104 valence electrons. The maximum Gasteiger partial charge on any atom is 0.414 e. The van der Waals surface area contributed by atoms with Gasteiger partial charge in [-0.25, -0.2) is 4.79 Å². The molecular formula is C15H15NO4. The molecule has 0 spiro atoms. The summed E-state index contributed by atoms with van der Waals surface area (Å²) < 4.78 is 5.22. The summed E-state index contributed by atoms with van der Waals surface area (Å²) in [5.41, 5.74) is 2.01. The van der Waals surface area contributed by atoms with Crippen molar-refractivity contribution in [1.82, 2.24) is 4.90 Å². The van der Waals surface area contributed by atoms with Crippen LogP contribution in [-0.2, 0) is 16.1 Å². The largest absolute Gasteiger partial charge is 0.481 e. The van der Waals surface area contributed by atoms with Crippen LogP contribution in [0, 0.1) is 11.8 Å². The molecule has 2 atom stereocenters. The minimum atomic E-state index is -0.788. The Bertz CT molecular complexity index is 566. The summed E-state index contributed by atoms with van der Waals surface area (Å²) in [7, 11) is 0. The molecule has 1 amide bonds. The Morgan fingerprint density at radius 3 is 2.65 bits per heavy atom. The molecule has 2 aliphatic rings. The van der Waals surface area contributed by atoms with Crippen molar-refractivity contribution < 1.29 is 19.4 Å². The Morgan fingerprint density at radius 1 is 1.30 bits per heavy atom. The molecule has 3 rings (SSSR count). The van der Waals surface area contributed by atoms with Crippen LogP contribution < -0.4 is 0 Å². The van der Waals surface area contributed by atoms with Gasteiger partial charge in [0.1, 0.15) is 6.61 Å². The van der Waals surface area contributed by atoms with Gasteiger partial charge in [0.2, 0.25) is 0 Å². The van der Waals surface area contributed by atoms with Crippen LogP contribution >= 0.6 is 0 Å². The van der Waals surface area contributed by atoms with Crippen LogP contribution in [0.4, 0.5) is 4.79 Å². The lowest BCUT2D eigenvalue weighted by molar-refractivity contribution is -0.137. The normalized spacial score (nSPS) is 23.0. The number of carboxylic acids is 1. The predicted octanol–water partition coefficient (Wildman–Crippen LogP) is 2.24. The molecule has 5 nitrogen and oxygen atoms in total. The van der Waals surface area contributed by atoms with Gasteiger partial charge in [0.15, 0.2) is 0 Å². The third-order valence-electron chi connectivity index (χ3n) is 3.77. The van der Waals surface area contributed by atoms with Crippen molar-refractivity contribution in [3.8, 4) is 0 Å². The Hall–Kier alpha value is -2.30. The second-order valence-corrected chi connectivity index (χ2v) is 5.13. The summed E-state index contributed by atoms with van der Waals surface area (Å²) in [5.74, 6) is -0.454. The fraction of sp³-hybridized carbons (Fsp3) is 0.333. The van der Waals surface area contributed by atoms with E-state index in [4.69, 9.17) is 9.84 Å². The van der Waals surface area contributed by atoms with Crippen LogP contribution in [0.25, 0.3) is 0 Å². The van der Waals surface area contributed by atoms with Crippen molar-refractivity contribution in [2.24, 2.45) is 11.8 Å². The smallest absolute Gasteiger partial charge is 0.414 e. The van der Waals surface area contributed by atoms with Gasteiger partial charge in [-0.3, -0.25) is 9.69 Å². The van der Waals surface area contributed by atoms with Gasteiger partial charge in [-0.1, -0.05) is 30.3 Å². The molecule has 0 bridgehead atoms. The van der Waals surface area contributed by atoms with E-state index in [0.717, 1.165) is 11.1 Å². The molecule has 1 N–H and O–H groups in total. The highest BCUT2D eigenvalue weighted by atomic mass is 16.6. The van der Waals surface area contributed by atoms with E-state index in [1.165, 1.54) is 4.90 Å². The summed E-state index contributed by atoms with van der Waals surface area (Å²) in [6.07, 6.45) is 1.53. The first-order valence-corrected chi connectivity index (χ1v) is 6.56. The molecule has 0 aromatic heterocycles. The van der Waals surface area contributed by atoms with Crippen LogP contribution in [0.3, 0.4) is 0 Å². The van der Waals surface area contributed by atoms with E-state index in [0.29, 0.717) is 6.54 Å². The van der Waals surface area contributed by atoms with Crippen molar-refractivity contribution >= 4 is 12.1 Å². The number of aliphatic carboxylic acids is 1. The van der Waals surface area contributed by atoms with Gasteiger partial charge in [-0.05, 0) is 11.1 Å². The summed E-state index contributed by atoms with van der Waals surface area (Å²) >= 11 is 0. The summed E-state index contributed by atoms with van der Waals surface area (Å²) in [4.78, 5) is 24.0. The van der Waals surface area contributed by atoms with Gasteiger partial charge < -0.3 is 9.84 Å². The molecule has 1 aromatic carbocycles. The minimum Gasteiger partial charge on any atom is -0.481 e. The first-order valence-electron chi connectivity index (χ1n) is 6.56. The lowest BCUT2D eigenvalue weighted by atomic mass is 10.2. The Balaban J connectivity index is 1.50. The molecule has 1 saturated carbocycles. The molecule has 1 heterocycles. The lowest BCUT2D eigenvalue weighted by Crippen LogP contribution is -2.27. The molecule has 1 aromatic rings. The molecule has 1 aliphatic heterocycles. The molecule has 1 unspecified atom stereocenters. The maximum atomic E-state index is 11.9. The number of amides is 1. The molecular weight excluding hydrogens is 258 g/mol. The average Bonchev–Trinajstić information content (AvgIpc) is 2.89. The van der Waals surface area contributed by atoms with Crippen LogP contribution in [0.1, 0.15) is 12.0 Å². The Morgan fingerprint density at radius 2 is 2.05 bits per heavy atom. The summed E-state index contributed by atoms with van der Waals surface area (Å²) in [5, 5.41) is 8.73. The molecule has 0 radical (unpaired) electrons. The standard InChI is InChI=1S/C15H15NO4/c17-14(18)6-11-12-7-16(8-13(11)12)15(19)20-9-10-4-2-1-3-5-10/h1-5,7,11,13H,6,8-9H2,(H,17,18)/t11-,13?/m1/s1. The van der Waals surface area contributed by atoms with Gasteiger partial charge in [0, 0.05) is 24.6 Å². The van der Waals surface area contributed by atoms with E-state index in [1.807, 2.05) is 30.3 Å². The van der Waals surface area contributed by atoms with E-state index < -0.39 is 5.97 Å². The highest BCUT2D eigenvalue weighted by Gasteiger charge is 2.50. The zero-order valence-electron chi connectivity index (χ0n) is 10.9. The number of hydrogen-bond acceptors (Lipinski definition) is 3. The molecule has 1 fully saturated rings. The lowest BCUT2D eigenvalue weighted by Gasteiger charge is -2.16. The zero-order chi connectivity index (χ0) is 14.1. The van der Waals surface area contributed by atoms with Gasteiger partial charge in [-0.15, -0.1) is 0 Å². The number of fused-ring (bicyclic) bond motifs is 1. The summed E-state index contributed by atoms with van der Waals surface area (Å²) in [6, 6.07) is 9.50. The third-order valence-corrected chi connectivity index (χ3v) is 3.77. The van der Waals surface area contributed by atoms with E-state index >= 15 is 0 Å². The first kappa shape index (κ1) is 12.7. The molecule has 5 heteroatoms. The maximum absolute atomic E-state index is 11.9. The number of benzene rings is 1. The monoisotopic (exact) mass is 273 g/mol. The molecule has 1 aliphatic carbocycles. The van der Waals surface area contributed by atoms with Crippen molar-refractivity contribution in [2.45, 2.75) is 13.0 Å². The van der Waals surface area contributed by atoms with E-state index in [2.05, 4.69) is 0 Å². The van der Waals surface area contributed by atoms with E-state index in [9.17, 15) is 9.59 Å². The topological polar surface area (TPSA) is 66.8 Å². The van der Waals surface area contributed by atoms with Crippen molar-refractivity contribution in [3.05, 3.63) is 47.7 Å². The van der Waals surface area contributed by atoms with Crippen LogP contribution in [0.5, 0.6) is 0 Å². The predicted molar refractivity (Wildman–Crippen MR) is 70.6 cm³/mol. The first-order chi connectivity index (χ1) is 9.65. The van der Waals surface area contributed by atoms with Crippen molar-refractivity contribution in [1.29, 1.82) is 0 Å². The van der Waals surface area contributed by atoms with Crippen molar-refractivity contribution in [3.63, 3.8) is 0 Å². The van der Waals surface area contributed by atoms with Gasteiger partial charge in [0.05, 0.1) is 6.42 Å². The van der Waals surface area contributed by atoms with E-state index in [1.54, 1.807) is 6.20 Å². The SMILES string of the molecule is O=C(O)C[C@@H]1C2=CN(C(=O)OCc3ccccc3)CC21. The Kier molecular flexibility index (Phi) is 3.18. The quantitative estimate of drug-likeness (QED) is 0.913. The van der Waals surface area contributed by atoms with Gasteiger partial charge >= 0.3 is 12.1 Å². The van der Waals surface area contributed by atoms with Gasteiger partial charge in [0.25, 0.3) is 0 Å². The van der Waals surface area contributed by atoms with Gasteiger partial charge in [-0.2, -0.15) is 0 Å². The highest BCUT2D eigenvalue weighted by Crippen LogP contribution is 2.52. The number of carbonyl (C=O) groups is 2. The van der Waals surface area contributed by atoms with Crippen molar-refractivity contribution in [2.75, 3.05) is 6.54 Å². The minimum absolute atomic E-state index is 0.116. The number of hydrogen-bond donors (Lipinski definition) is 1.